The van der Waals surface area contributed by atoms with Crippen molar-refractivity contribution >= 4 is 28.6 Å². The van der Waals surface area contributed by atoms with Gasteiger partial charge in [-0.05, 0) is 0 Å². The molecule has 95 valence electrons. The highest BCUT2D eigenvalue weighted by atomic mass is 32.2. The van der Waals surface area contributed by atoms with Gasteiger partial charge in [0.05, 0.1) is 0 Å². The second-order valence-corrected chi connectivity index (χ2v) is 6.97. The molecule has 16 heavy (non-hydrogen) atoms. The molecule has 0 aliphatic carbocycles. The lowest BCUT2D eigenvalue weighted by atomic mass is 11.6. The van der Waals surface area contributed by atoms with Crippen LogP contribution in [0.3, 0.4) is 0 Å². The second kappa shape index (κ2) is 5.32. The first-order chi connectivity index (χ1) is 7.08. The lowest BCUT2D eigenvalue weighted by Crippen LogP contribution is -2.46. The quantitative estimate of drug-likeness (QED) is 0.295. The van der Waals surface area contributed by atoms with E-state index in [1.165, 1.54) is 0 Å². The third-order valence-corrected chi connectivity index (χ3v) is 5.24. The van der Waals surface area contributed by atoms with Crippen molar-refractivity contribution in [1.29, 1.82) is 0 Å². The van der Waals surface area contributed by atoms with Crippen molar-refractivity contribution in [3.63, 3.8) is 0 Å². The van der Waals surface area contributed by atoms with E-state index in [4.69, 9.17) is 0 Å². The average molecular weight is 299 g/mol. The number of rotatable bonds is 6. The molecule has 0 amide bonds. The minimum Gasteiger partial charge on any atom is -0.375 e. The van der Waals surface area contributed by atoms with Crippen LogP contribution in [-0.2, 0) is 32.0 Å². The maximum atomic E-state index is 11.9. The van der Waals surface area contributed by atoms with E-state index in [1.807, 2.05) is 0 Å². The van der Waals surface area contributed by atoms with E-state index in [1.54, 1.807) is 0 Å². The van der Waals surface area contributed by atoms with Crippen molar-refractivity contribution < 1.29 is 43.5 Å². The van der Waals surface area contributed by atoms with Crippen LogP contribution in [0.1, 0.15) is 0 Å². The molecule has 0 aliphatic rings. The molecule has 1 radical (unpaired) electrons. The lowest BCUT2D eigenvalue weighted by molar-refractivity contribution is -0.154. The SMILES string of the molecule is CO[Si](C)(OO[Si]=O)OS(=O)(=O)C(F)(F)F. The fourth-order valence-corrected chi connectivity index (χ4v) is 3.59. The molecule has 0 rings (SSSR count). The molecule has 0 spiro atoms. The Hall–Kier alpha value is -0.346. The Kier molecular flexibility index (Phi) is 5.21. The van der Waals surface area contributed by atoms with Crippen molar-refractivity contribution in [3.8, 4) is 0 Å². The minimum absolute atomic E-state index is 0.816. The topological polar surface area (TPSA) is 88.1 Å². The highest BCUT2D eigenvalue weighted by molar-refractivity contribution is 7.88. The van der Waals surface area contributed by atoms with Gasteiger partial charge in [-0.2, -0.15) is 26.2 Å². The molecule has 0 aromatic carbocycles. The van der Waals surface area contributed by atoms with Crippen molar-refractivity contribution in [2.75, 3.05) is 7.11 Å². The summed E-state index contributed by atoms with van der Waals surface area (Å²) in [5.74, 6) is 0. The van der Waals surface area contributed by atoms with Crippen LogP contribution >= 0.6 is 0 Å². The lowest BCUT2D eigenvalue weighted by Gasteiger charge is -2.21. The zero-order valence-corrected chi connectivity index (χ0v) is 10.7. The smallest absolute Gasteiger partial charge is 0.375 e. The summed E-state index contributed by atoms with van der Waals surface area (Å²) in [5.41, 5.74) is -5.61. The van der Waals surface area contributed by atoms with Gasteiger partial charge in [0.15, 0.2) is 0 Å². The van der Waals surface area contributed by atoms with Crippen LogP contribution in [0.5, 0.6) is 0 Å². The summed E-state index contributed by atoms with van der Waals surface area (Å²) < 4.78 is 82.7. The van der Waals surface area contributed by atoms with Gasteiger partial charge in [-0.15, -0.1) is 0 Å². The third-order valence-electron chi connectivity index (χ3n) is 1.14. The highest BCUT2D eigenvalue weighted by Crippen LogP contribution is 2.27. The normalized spacial score (nSPS) is 16.6. The van der Waals surface area contributed by atoms with Crippen molar-refractivity contribution in [1.82, 2.24) is 0 Å². The van der Waals surface area contributed by atoms with Crippen molar-refractivity contribution in [3.05, 3.63) is 0 Å². The molecule has 0 aliphatic heterocycles. The maximum absolute atomic E-state index is 11.9. The van der Waals surface area contributed by atoms with Gasteiger partial charge in [-0.25, -0.2) is 3.87 Å². The van der Waals surface area contributed by atoms with Gasteiger partial charge in [0.2, 0.25) is 0 Å². The second-order valence-electron chi connectivity index (χ2n) is 2.30. The Bertz CT molecular complexity index is 341. The molecular formula is C3H6F3O7SSi2. The molecule has 0 fully saturated rings. The molecule has 0 aromatic rings. The van der Waals surface area contributed by atoms with Crippen LogP contribution in [0.2, 0.25) is 6.55 Å². The fraction of sp³-hybridized carbons (Fsp3) is 1.00. The predicted molar refractivity (Wildman–Crippen MR) is 43.3 cm³/mol. The summed E-state index contributed by atoms with van der Waals surface area (Å²) in [5, 5.41) is 0. The maximum Gasteiger partial charge on any atom is 0.627 e. The van der Waals surface area contributed by atoms with Crippen LogP contribution in [-0.4, -0.2) is 39.5 Å². The van der Waals surface area contributed by atoms with Gasteiger partial charge in [0.1, 0.15) is 0 Å². The molecule has 0 N–H and O–H groups in total. The number of halogens is 3. The first-order valence-electron chi connectivity index (χ1n) is 3.37. The van der Waals surface area contributed by atoms with Gasteiger partial charge >= 0.3 is 34.1 Å². The standard InChI is InChI=1S/C3H6F3O7SSi2/c1-10-16(2,12-11-15-9)13-14(7,8)3(4,5)6/h1-2H3. The largest absolute Gasteiger partial charge is 0.627 e. The summed E-state index contributed by atoms with van der Waals surface area (Å²) in [6.45, 7) is 0.816. The molecule has 0 saturated heterocycles. The molecule has 13 heteroatoms. The van der Waals surface area contributed by atoms with Gasteiger partial charge < -0.3 is 13.5 Å². The Labute approximate surface area is 91.9 Å². The summed E-state index contributed by atoms with van der Waals surface area (Å²) >= 11 is 0. The molecule has 0 aromatic heterocycles. The molecule has 0 saturated carbocycles. The number of alkyl halides is 3. The average Bonchev–Trinajstić information content (AvgIpc) is 2.12. The van der Waals surface area contributed by atoms with Crippen LogP contribution < -0.4 is 0 Å². The zero-order valence-electron chi connectivity index (χ0n) is 7.90. The van der Waals surface area contributed by atoms with E-state index < -0.39 is 34.1 Å². The van der Waals surface area contributed by atoms with E-state index in [0.717, 1.165) is 13.7 Å². The van der Waals surface area contributed by atoms with Crippen LogP contribution in [0.15, 0.2) is 0 Å². The van der Waals surface area contributed by atoms with E-state index in [2.05, 4.69) is 17.5 Å². The fourth-order valence-electron chi connectivity index (χ4n) is 0.421. The first kappa shape index (κ1) is 15.7. The molecule has 0 bridgehead atoms. The summed E-state index contributed by atoms with van der Waals surface area (Å²) in [7, 11) is -10.7. The monoisotopic (exact) mass is 299 g/mol. The molecular weight excluding hydrogens is 293 g/mol. The van der Waals surface area contributed by atoms with Crippen LogP contribution in [0, 0.1) is 0 Å². The number of hydrogen-bond acceptors (Lipinski definition) is 7. The van der Waals surface area contributed by atoms with Gasteiger partial charge in [-0.3, -0.25) is 0 Å². The molecule has 1 unspecified atom stereocenters. The van der Waals surface area contributed by atoms with Gasteiger partial charge in [0, 0.05) is 13.7 Å². The van der Waals surface area contributed by atoms with Gasteiger partial charge in [0.25, 0.3) is 0 Å². The molecule has 7 nitrogen and oxygen atoms in total. The van der Waals surface area contributed by atoms with E-state index in [-0.39, 0.29) is 0 Å². The molecule has 1 atom stereocenters. The van der Waals surface area contributed by atoms with Crippen LogP contribution in [0.4, 0.5) is 13.2 Å². The Morgan fingerprint density at radius 3 is 2.12 bits per heavy atom. The summed E-state index contributed by atoms with van der Waals surface area (Å²) in [4.78, 5) is 0. The summed E-state index contributed by atoms with van der Waals surface area (Å²) in [6.07, 6.45) is 0. The van der Waals surface area contributed by atoms with Gasteiger partial charge in [-0.1, -0.05) is 0 Å². The summed E-state index contributed by atoms with van der Waals surface area (Å²) in [6, 6.07) is 0. The van der Waals surface area contributed by atoms with Crippen molar-refractivity contribution in [2.45, 2.75) is 12.1 Å². The number of hydrogen-bond donors (Lipinski definition) is 0. The Morgan fingerprint density at radius 2 is 1.81 bits per heavy atom. The zero-order chi connectivity index (χ0) is 13.0. The first-order valence-corrected chi connectivity index (χ1v) is 7.82. The van der Waals surface area contributed by atoms with E-state index >= 15 is 0 Å². The van der Waals surface area contributed by atoms with Crippen molar-refractivity contribution in [2.24, 2.45) is 0 Å². The third kappa shape index (κ3) is 4.26. The van der Waals surface area contributed by atoms with Crippen LogP contribution in [0.25, 0.3) is 0 Å². The Balaban J connectivity index is 4.85. The Morgan fingerprint density at radius 1 is 1.31 bits per heavy atom. The van der Waals surface area contributed by atoms with E-state index in [0.29, 0.717) is 0 Å². The predicted octanol–water partition coefficient (Wildman–Crippen LogP) is -0.0194. The van der Waals surface area contributed by atoms with E-state index in [9.17, 15) is 26.1 Å². The highest BCUT2D eigenvalue weighted by Gasteiger charge is 2.54. The minimum atomic E-state index is -5.87. The molecule has 0 heterocycles.